The molecule has 146 valence electrons. The Morgan fingerprint density at radius 1 is 0.929 bits per heavy atom. The Bertz CT molecular complexity index is 842. The van der Waals surface area contributed by atoms with Crippen LogP contribution < -0.4 is 16.0 Å². The first kappa shape index (κ1) is 19.5. The van der Waals surface area contributed by atoms with Crippen LogP contribution in [0.15, 0.2) is 78.0 Å². The number of hydrogen-bond acceptors (Lipinski definition) is 3. The van der Waals surface area contributed by atoms with Gasteiger partial charge in [-0.2, -0.15) is 5.10 Å². The van der Waals surface area contributed by atoms with Crippen LogP contribution in [0.1, 0.15) is 17.5 Å². The highest BCUT2D eigenvalue weighted by Crippen LogP contribution is 2.10. The fourth-order valence-electron chi connectivity index (χ4n) is 2.94. The molecule has 6 heteroatoms. The quantitative estimate of drug-likeness (QED) is 0.305. The highest BCUT2D eigenvalue weighted by molar-refractivity contribution is 5.79. The minimum atomic E-state index is 0.722. The summed E-state index contributed by atoms with van der Waals surface area (Å²) in [5, 5.41) is 14.5. The van der Waals surface area contributed by atoms with Crippen LogP contribution in [0.2, 0.25) is 0 Å². The van der Waals surface area contributed by atoms with Crippen molar-refractivity contribution in [2.45, 2.75) is 19.5 Å². The van der Waals surface area contributed by atoms with Crippen molar-refractivity contribution in [2.75, 3.05) is 25.5 Å². The van der Waals surface area contributed by atoms with E-state index in [1.54, 1.807) is 13.2 Å². The number of para-hydroxylation sites is 1. The van der Waals surface area contributed by atoms with Crippen molar-refractivity contribution in [3.05, 3.63) is 84.2 Å². The fraction of sp³-hybridized carbons (Fsp3) is 0.273. The van der Waals surface area contributed by atoms with Crippen LogP contribution in [-0.2, 0) is 13.1 Å². The molecule has 0 atom stereocenters. The monoisotopic (exact) mass is 376 g/mol. The summed E-state index contributed by atoms with van der Waals surface area (Å²) in [6.07, 6.45) is 4.79. The lowest BCUT2D eigenvalue weighted by Crippen LogP contribution is -2.38. The number of aromatic nitrogens is 2. The van der Waals surface area contributed by atoms with Gasteiger partial charge in [-0.1, -0.05) is 42.5 Å². The number of nitrogens with one attached hydrogen (secondary N) is 3. The second kappa shape index (κ2) is 10.8. The van der Waals surface area contributed by atoms with Crippen LogP contribution in [0.5, 0.6) is 0 Å². The lowest BCUT2D eigenvalue weighted by molar-refractivity contribution is 0.677. The second-order valence-electron chi connectivity index (χ2n) is 6.47. The molecule has 2 aromatic carbocycles. The molecule has 0 amide bonds. The molecule has 0 aliphatic carbocycles. The molecule has 3 N–H and O–H groups in total. The summed E-state index contributed by atoms with van der Waals surface area (Å²) in [5.41, 5.74) is 3.65. The number of hydrogen-bond donors (Lipinski definition) is 3. The molecule has 0 fully saturated rings. The first-order valence-corrected chi connectivity index (χ1v) is 9.63. The van der Waals surface area contributed by atoms with Crippen LogP contribution in [0.4, 0.5) is 5.69 Å². The van der Waals surface area contributed by atoms with Crippen LogP contribution in [-0.4, -0.2) is 35.9 Å². The zero-order chi connectivity index (χ0) is 19.4. The maximum absolute atomic E-state index is 4.32. The molecule has 0 radical (unpaired) electrons. The molecule has 3 rings (SSSR count). The highest BCUT2D eigenvalue weighted by atomic mass is 15.3. The normalized spacial score (nSPS) is 11.2. The van der Waals surface area contributed by atoms with Gasteiger partial charge in [0.05, 0.1) is 6.54 Å². The number of guanidine groups is 1. The molecular weight excluding hydrogens is 348 g/mol. The molecule has 0 bridgehead atoms. The number of aliphatic imine (C=N–C) groups is 1. The van der Waals surface area contributed by atoms with E-state index in [1.807, 2.05) is 35.1 Å². The van der Waals surface area contributed by atoms with E-state index in [9.17, 15) is 0 Å². The number of nitrogens with zero attached hydrogens (tertiary/aromatic N) is 3. The van der Waals surface area contributed by atoms with E-state index in [4.69, 9.17) is 0 Å². The molecule has 0 saturated heterocycles. The number of anilines is 1. The number of rotatable bonds is 9. The van der Waals surface area contributed by atoms with E-state index in [0.717, 1.165) is 44.2 Å². The summed E-state index contributed by atoms with van der Waals surface area (Å²) < 4.78 is 1.94. The maximum atomic E-state index is 4.32. The third-order valence-corrected chi connectivity index (χ3v) is 4.43. The molecule has 0 aliphatic rings. The SMILES string of the molecule is CN=C(NCCCNc1ccccc1)NCc1ccccc1Cn1cccn1. The van der Waals surface area contributed by atoms with Crippen molar-refractivity contribution in [2.24, 2.45) is 4.99 Å². The predicted octanol–water partition coefficient (Wildman–Crippen LogP) is 3.10. The zero-order valence-electron chi connectivity index (χ0n) is 16.3. The molecule has 3 aromatic rings. The average Bonchev–Trinajstić information content (AvgIpc) is 3.25. The Hall–Kier alpha value is -3.28. The van der Waals surface area contributed by atoms with Gasteiger partial charge in [-0.05, 0) is 35.7 Å². The molecule has 0 spiro atoms. The molecule has 1 heterocycles. The van der Waals surface area contributed by atoms with Gasteiger partial charge < -0.3 is 16.0 Å². The van der Waals surface area contributed by atoms with Gasteiger partial charge in [-0.15, -0.1) is 0 Å². The van der Waals surface area contributed by atoms with Gasteiger partial charge in [-0.3, -0.25) is 9.67 Å². The maximum Gasteiger partial charge on any atom is 0.191 e. The third kappa shape index (κ3) is 6.16. The summed E-state index contributed by atoms with van der Waals surface area (Å²) in [7, 11) is 1.80. The van der Waals surface area contributed by atoms with Gasteiger partial charge >= 0.3 is 0 Å². The molecular formula is C22H28N6. The lowest BCUT2D eigenvalue weighted by Gasteiger charge is -2.14. The molecule has 1 aromatic heterocycles. The highest BCUT2D eigenvalue weighted by Gasteiger charge is 2.04. The van der Waals surface area contributed by atoms with Crippen LogP contribution >= 0.6 is 0 Å². The molecule has 0 saturated carbocycles. The topological polar surface area (TPSA) is 66.3 Å². The van der Waals surface area contributed by atoms with Gasteiger partial charge in [0.1, 0.15) is 0 Å². The van der Waals surface area contributed by atoms with Crippen molar-refractivity contribution in [3.8, 4) is 0 Å². The first-order valence-electron chi connectivity index (χ1n) is 9.63. The zero-order valence-corrected chi connectivity index (χ0v) is 16.3. The Morgan fingerprint density at radius 2 is 1.71 bits per heavy atom. The van der Waals surface area contributed by atoms with E-state index >= 15 is 0 Å². The van der Waals surface area contributed by atoms with Crippen molar-refractivity contribution in [1.29, 1.82) is 0 Å². The molecule has 28 heavy (non-hydrogen) atoms. The average molecular weight is 377 g/mol. The third-order valence-electron chi connectivity index (χ3n) is 4.43. The standard InChI is InChI=1S/C22H28N6/c1-23-22(25-14-7-13-24-21-11-3-2-4-12-21)26-17-19-9-5-6-10-20(19)18-28-16-8-15-27-28/h2-6,8-12,15-16,24H,7,13-14,17-18H2,1H3,(H2,23,25,26). The van der Waals surface area contributed by atoms with E-state index in [0.29, 0.717) is 0 Å². The summed E-state index contributed by atoms with van der Waals surface area (Å²) in [6.45, 7) is 3.26. The second-order valence-corrected chi connectivity index (χ2v) is 6.47. The predicted molar refractivity (Wildman–Crippen MR) is 116 cm³/mol. The van der Waals surface area contributed by atoms with Crippen molar-refractivity contribution < 1.29 is 0 Å². The Kier molecular flexibility index (Phi) is 7.49. The Balaban J connectivity index is 1.42. The summed E-state index contributed by atoms with van der Waals surface area (Å²) in [6, 6.07) is 20.6. The van der Waals surface area contributed by atoms with Crippen molar-refractivity contribution in [3.63, 3.8) is 0 Å². The van der Waals surface area contributed by atoms with Gasteiger partial charge in [0, 0.05) is 44.8 Å². The summed E-state index contributed by atoms with van der Waals surface area (Å²) in [5.74, 6) is 0.814. The molecule has 0 unspecified atom stereocenters. The number of benzene rings is 2. The first-order chi connectivity index (χ1) is 13.8. The molecule has 6 nitrogen and oxygen atoms in total. The van der Waals surface area contributed by atoms with E-state index in [2.05, 4.69) is 62.4 Å². The van der Waals surface area contributed by atoms with Crippen LogP contribution in [0.3, 0.4) is 0 Å². The minimum absolute atomic E-state index is 0.722. The fourth-order valence-corrected chi connectivity index (χ4v) is 2.94. The van der Waals surface area contributed by atoms with E-state index in [1.165, 1.54) is 11.1 Å². The van der Waals surface area contributed by atoms with E-state index < -0.39 is 0 Å². The van der Waals surface area contributed by atoms with Gasteiger partial charge in [0.2, 0.25) is 0 Å². The van der Waals surface area contributed by atoms with Crippen molar-refractivity contribution >= 4 is 11.6 Å². The summed E-state index contributed by atoms with van der Waals surface area (Å²) in [4.78, 5) is 4.32. The van der Waals surface area contributed by atoms with Gasteiger partial charge in [0.25, 0.3) is 0 Å². The van der Waals surface area contributed by atoms with Gasteiger partial charge in [0.15, 0.2) is 5.96 Å². The van der Waals surface area contributed by atoms with Gasteiger partial charge in [-0.25, -0.2) is 0 Å². The Morgan fingerprint density at radius 3 is 2.46 bits per heavy atom. The van der Waals surface area contributed by atoms with Crippen LogP contribution in [0, 0.1) is 0 Å². The van der Waals surface area contributed by atoms with Crippen LogP contribution in [0.25, 0.3) is 0 Å². The minimum Gasteiger partial charge on any atom is -0.385 e. The molecule has 0 aliphatic heterocycles. The smallest absolute Gasteiger partial charge is 0.191 e. The van der Waals surface area contributed by atoms with Crippen molar-refractivity contribution in [1.82, 2.24) is 20.4 Å². The lowest BCUT2D eigenvalue weighted by atomic mass is 10.1. The van der Waals surface area contributed by atoms with E-state index in [-0.39, 0.29) is 0 Å². The largest absolute Gasteiger partial charge is 0.385 e. The summed E-state index contributed by atoms with van der Waals surface area (Å²) >= 11 is 0. The Labute approximate surface area is 166 Å².